The Labute approximate surface area is 145 Å². The molecule has 0 fully saturated rings. The Balaban J connectivity index is 0.00000176. The van der Waals surface area contributed by atoms with Gasteiger partial charge in [-0.15, -0.1) is 35.9 Å². The molecule has 0 aliphatic rings. The molecule has 1 aromatic heterocycles. The molecular weight excluding hydrogens is 455 g/mol. The largest absolute Gasteiger partial charge is 0.497 e. The summed E-state index contributed by atoms with van der Waals surface area (Å²) in [5.41, 5.74) is 4.43. The molecule has 0 bridgehead atoms. The van der Waals surface area contributed by atoms with Crippen LogP contribution in [0.25, 0.3) is 17.1 Å². The molecule has 22 heavy (non-hydrogen) atoms. The van der Waals surface area contributed by atoms with Crippen LogP contribution in [0.15, 0.2) is 48.8 Å². The number of nitrogens with zero attached hydrogens (tertiary/aromatic N) is 2. The van der Waals surface area contributed by atoms with Crippen LogP contribution in [-0.2, 0) is 21.1 Å². The Morgan fingerprint density at radius 3 is 2.45 bits per heavy atom. The molecule has 0 unspecified atom stereocenters. The maximum atomic E-state index is 5.33. The maximum absolute atomic E-state index is 5.33. The Bertz CT molecular complexity index is 743. The second-order valence-electron chi connectivity index (χ2n) is 5.01. The molecule has 0 aliphatic carbocycles. The van der Waals surface area contributed by atoms with Crippen molar-refractivity contribution in [2.75, 3.05) is 7.11 Å². The number of aromatic nitrogens is 2. The van der Waals surface area contributed by atoms with E-state index in [1.165, 1.54) is 0 Å². The summed E-state index contributed by atoms with van der Waals surface area (Å²) in [4.78, 5) is 4.49. The fourth-order valence-electron chi connectivity index (χ4n) is 2.63. The zero-order valence-corrected chi connectivity index (χ0v) is 15.0. The third-order valence-corrected chi connectivity index (χ3v) is 3.53. The molecule has 3 aromatic rings. The number of rotatable bonds is 3. The van der Waals surface area contributed by atoms with Crippen LogP contribution < -0.4 is 4.74 Å². The van der Waals surface area contributed by atoms with Crippen molar-refractivity contribution in [3.8, 4) is 22.8 Å². The van der Waals surface area contributed by atoms with E-state index >= 15 is 0 Å². The summed E-state index contributed by atoms with van der Waals surface area (Å²) in [7, 11) is 1.69. The number of ether oxygens (including phenoxy) is 1. The van der Waals surface area contributed by atoms with Crippen LogP contribution in [0.5, 0.6) is 5.75 Å². The van der Waals surface area contributed by atoms with E-state index in [0.717, 1.165) is 34.0 Å². The molecule has 0 saturated carbocycles. The van der Waals surface area contributed by atoms with E-state index in [0.29, 0.717) is 0 Å². The number of aryl methyl sites for hydroxylation is 2. The molecule has 0 aliphatic heterocycles. The van der Waals surface area contributed by atoms with E-state index in [-0.39, 0.29) is 21.1 Å². The molecule has 3 nitrogen and oxygen atoms in total. The SMILES string of the molecule is COc1cc(C)c(-n2ccnc2-c2[c-]cccc2)c(C)c1.[Pt]. The predicted octanol–water partition coefficient (Wildman–Crippen LogP) is 3.96. The topological polar surface area (TPSA) is 27.1 Å². The molecule has 3 rings (SSSR count). The van der Waals surface area contributed by atoms with Crippen molar-refractivity contribution in [2.45, 2.75) is 13.8 Å². The van der Waals surface area contributed by atoms with Gasteiger partial charge in [0.1, 0.15) is 5.75 Å². The van der Waals surface area contributed by atoms with Crippen LogP contribution in [-0.4, -0.2) is 16.7 Å². The molecule has 0 radical (unpaired) electrons. The number of methoxy groups -OCH3 is 1. The molecule has 2 aromatic carbocycles. The van der Waals surface area contributed by atoms with Crippen molar-refractivity contribution in [3.63, 3.8) is 0 Å². The molecule has 1 heterocycles. The Morgan fingerprint density at radius 2 is 1.86 bits per heavy atom. The summed E-state index contributed by atoms with van der Waals surface area (Å²) in [6.07, 6.45) is 3.80. The minimum absolute atomic E-state index is 0. The first-order valence-electron chi connectivity index (χ1n) is 6.86. The molecule has 116 valence electrons. The van der Waals surface area contributed by atoms with Crippen LogP contribution >= 0.6 is 0 Å². The molecular formula is C18H17N2OPt-. The number of benzene rings is 2. The predicted molar refractivity (Wildman–Crippen MR) is 83.9 cm³/mol. The van der Waals surface area contributed by atoms with Gasteiger partial charge in [-0.05, 0) is 37.1 Å². The van der Waals surface area contributed by atoms with Gasteiger partial charge in [-0.3, -0.25) is 4.98 Å². The fraction of sp³-hybridized carbons (Fsp3) is 0.167. The van der Waals surface area contributed by atoms with Crippen molar-refractivity contribution >= 4 is 0 Å². The van der Waals surface area contributed by atoms with Crippen LogP contribution in [0, 0.1) is 19.9 Å². The molecule has 0 N–H and O–H groups in total. The minimum Gasteiger partial charge on any atom is -0.497 e. The smallest absolute Gasteiger partial charge is 0.119 e. The van der Waals surface area contributed by atoms with Crippen molar-refractivity contribution in [1.29, 1.82) is 0 Å². The summed E-state index contributed by atoms with van der Waals surface area (Å²) in [5.74, 6) is 1.77. The molecule has 0 saturated heterocycles. The zero-order chi connectivity index (χ0) is 14.8. The number of imidazole rings is 1. The normalized spacial score (nSPS) is 10.1. The van der Waals surface area contributed by atoms with Gasteiger partial charge in [-0.25, -0.2) is 0 Å². The first-order valence-corrected chi connectivity index (χ1v) is 6.86. The van der Waals surface area contributed by atoms with Crippen LogP contribution in [0.2, 0.25) is 0 Å². The molecule has 4 heteroatoms. The second kappa shape index (κ2) is 6.93. The van der Waals surface area contributed by atoms with E-state index in [2.05, 4.69) is 29.5 Å². The maximum Gasteiger partial charge on any atom is 0.119 e. The summed E-state index contributed by atoms with van der Waals surface area (Å²) in [6, 6.07) is 15.2. The summed E-state index contributed by atoms with van der Waals surface area (Å²) < 4.78 is 7.44. The van der Waals surface area contributed by atoms with Crippen molar-refractivity contribution in [3.05, 3.63) is 66.0 Å². The first kappa shape index (κ1) is 16.5. The average Bonchev–Trinajstić information content (AvgIpc) is 2.96. The van der Waals surface area contributed by atoms with E-state index < -0.39 is 0 Å². The van der Waals surface area contributed by atoms with E-state index in [1.54, 1.807) is 7.11 Å². The van der Waals surface area contributed by atoms with Gasteiger partial charge in [0.05, 0.1) is 12.9 Å². The van der Waals surface area contributed by atoms with E-state index in [9.17, 15) is 0 Å². The zero-order valence-electron chi connectivity index (χ0n) is 12.7. The third-order valence-electron chi connectivity index (χ3n) is 3.53. The van der Waals surface area contributed by atoms with Gasteiger partial charge in [-0.2, -0.15) is 0 Å². The van der Waals surface area contributed by atoms with Gasteiger partial charge in [0.15, 0.2) is 0 Å². The quantitative estimate of drug-likeness (QED) is 0.540. The molecule has 0 spiro atoms. The number of hydrogen-bond acceptors (Lipinski definition) is 2. The van der Waals surface area contributed by atoms with Gasteiger partial charge < -0.3 is 9.30 Å². The fourth-order valence-corrected chi connectivity index (χ4v) is 2.63. The average molecular weight is 472 g/mol. The van der Waals surface area contributed by atoms with Crippen molar-refractivity contribution in [1.82, 2.24) is 9.55 Å². The second-order valence-corrected chi connectivity index (χ2v) is 5.01. The Kier molecular flexibility index (Phi) is 5.20. The van der Waals surface area contributed by atoms with Gasteiger partial charge in [0, 0.05) is 39.1 Å². The van der Waals surface area contributed by atoms with Crippen molar-refractivity contribution < 1.29 is 25.8 Å². The standard InChI is InChI=1S/C18H17N2O.Pt/c1-13-11-16(21-3)12-14(2)17(13)20-10-9-19-18(20)15-7-5-4-6-8-15;/h4-7,9-12H,1-3H3;/q-1;. The van der Waals surface area contributed by atoms with Crippen LogP contribution in [0.1, 0.15) is 11.1 Å². The van der Waals surface area contributed by atoms with Gasteiger partial charge in [0.25, 0.3) is 0 Å². The van der Waals surface area contributed by atoms with Gasteiger partial charge >= 0.3 is 0 Å². The minimum atomic E-state index is 0. The van der Waals surface area contributed by atoms with Crippen LogP contribution in [0.4, 0.5) is 0 Å². The van der Waals surface area contributed by atoms with E-state index in [1.807, 2.05) is 48.8 Å². The van der Waals surface area contributed by atoms with E-state index in [4.69, 9.17) is 4.74 Å². The molecule has 0 amide bonds. The third kappa shape index (κ3) is 3.00. The van der Waals surface area contributed by atoms with Crippen molar-refractivity contribution in [2.24, 2.45) is 0 Å². The summed E-state index contributed by atoms with van der Waals surface area (Å²) in [5, 5.41) is 0. The Morgan fingerprint density at radius 1 is 1.14 bits per heavy atom. The van der Waals surface area contributed by atoms with Gasteiger partial charge in [0.2, 0.25) is 0 Å². The summed E-state index contributed by atoms with van der Waals surface area (Å²) in [6.45, 7) is 4.17. The van der Waals surface area contributed by atoms with Gasteiger partial charge in [-0.1, -0.05) is 0 Å². The monoisotopic (exact) mass is 472 g/mol. The summed E-state index contributed by atoms with van der Waals surface area (Å²) >= 11 is 0. The molecule has 0 atom stereocenters. The Hall–Kier alpha value is -1.86. The van der Waals surface area contributed by atoms with Crippen LogP contribution in [0.3, 0.4) is 0 Å². The number of hydrogen-bond donors (Lipinski definition) is 0. The first-order chi connectivity index (χ1) is 10.2.